The fraction of sp³-hybridized carbons (Fsp3) is 0.900. The van der Waals surface area contributed by atoms with E-state index in [4.69, 9.17) is 9.84 Å². The van der Waals surface area contributed by atoms with E-state index in [9.17, 15) is 4.79 Å². The van der Waals surface area contributed by atoms with Gasteiger partial charge in [-0.1, -0.05) is 0 Å². The second-order valence-corrected chi connectivity index (χ2v) is 4.56. The molecule has 1 aliphatic heterocycles. The summed E-state index contributed by atoms with van der Waals surface area (Å²) in [6.45, 7) is 4.93. The molecule has 0 saturated carbocycles. The van der Waals surface area contributed by atoms with Crippen LogP contribution in [0, 0.1) is 0 Å². The Morgan fingerprint density at radius 1 is 1.64 bits per heavy atom. The number of carboxylic acid groups (broad SMARTS) is 1. The molecular formula is C10H19NO3. The van der Waals surface area contributed by atoms with Crippen LogP contribution in [0.15, 0.2) is 0 Å². The average Bonchev–Trinajstić information content (AvgIpc) is 2.01. The zero-order chi connectivity index (χ0) is 10.8. The summed E-state index contributed by atoms with van der Waals surface area (Å²) in [6.07, 6.45) is 1.82. The van der Waals surface area contributed by atoms with Gasteiger partial charge in [0.05, 0.1) is 12.1 Å². The fourth-order valence-electron chi connectivity index (χ4n) is 1.92. The van der Waals surface area contributed by atoms with Crippen LogP contribution in [-0.4, -0.2) is 47.8 Å². The van der Waals surface area contributed by atoms with Gasteiger partial charge in [-0.15, -0.1) is 0 Å². The lowest BCUT2D eigenvalue weighted by Gasteiger charge is -2.39. The number of carboxylic acids is 1. The van der Waals surface area contributed by atoms with Crippen molar-refractivity contribution in [3.63, 3.8) is 0 Å². The third-order valence-electron chi connectivity index (χ3n) is 2.68. The number of hydrogen-bond donors (Lipinski definition) is 1. The smallest absolute Gasteiger partial charge is 0.317 e. The molecule has 1 rings (SSSR count). The number of aliphatic carboxylic acids is 1. The van der Waals surface area contributed by atoms with E-state index in [-0.39, 0.29) is 12.1 Å². The highest BCUT2D eigenvalue weighted by Crippen LogP contribution is 2.26. The van der Waals surface area contributed by atoms with Gasteiger partial charge in [0.1, 0.15) is 0 Å². The number of likely N-dealkylation sites (N-methyl/N-ethyl adjacent to an activating group) is 1. The number of ether oxygens (including phenoxy) is 1. The third-order valence-corrected chi connectivity index (χ3v) is 2.68. The number of rotatable bonds is 3. The molecule has 0 amide bonds. The lowest BCUT2D eigenvalue weighted by Crippen LogP contribution is -2.46. The predicted octanol–water partition coefficient (Wildman–Crippen LogP) is 0.960. The van der Waals surface area contributed by atoms with Gasteiger partial charge in [-0.25, -0.2) is 0 Å². The van der Waals surface area contributed by atoms with Gasteiger partial charge in [0, 0.05) is 12.6 Å². The lowest BCUT2D eigenvalue weighted by atomic mass is 9.93. The molecule has 0 bridgehead atoms. The zero-order valence-corrected chi connectivity index (χ0v) is 9.12. The minimum atomic E-state index is -0.767. The van der Waals surface area contributed by atoms with E-state index in [1.54, 1.807) is 0 Å². The van der Waals surface area contributed by atoms with Gasteiger partial charge < -0.3 is 9.84 Å². The highest BCUT2D eigenvalue weighted by molar-refractivity contribution is 5.69. The van der Waals surface area contributed by atoms with Crippen molar-refractivity contribution in [2.24, 2.45) is 0 Å². The number of nitrogens with zero attached hydrogens (tertiary/aromatic N) is 1. The monoisotopic (exact) mass is 201 g/mol. The Morgan fingerprint density at radius 3 is 2.79 bits per heavy atom. The van der Waals surface area contributed by atoms with Gasteiger partial charge in [0.15, 0.2) is 0 Å². The summed E-state index contributed by atoms with van der Waals surface area (Å²) in [7, 11) is 1.86. The molecular weight excluding hydrogens is 182 g/mol. The summed E-state index contributed by atoms with van der Waals surface area (Å²) in [4.78, 5) is 12.4. The Kier molecular flexibility index (Phi) is 3.50. The molecule has 0 aromatic rings. The molecule has 82 valence electrons. The van der Waals surface area contributed by atoms with Crippen LogP contribution in [0.5, 0.6) is 0 Å². The first-order chi connectivity index (χ1) is 6.41. The maximum absolute atomic E-state index is 10.5. The van der Waals surface area contributed by atoms with Crippen LogP contribution in [0.1, 0.15) is 26.7 Å². The second-order valence-electron chi connectivity index (χ2n) is 4.56. The van der Waals surface area contributed by atoms with Crippen molar-refractivity contribution >= 4 is 5.97 Å². The topological polar surface area (TPSA) is 49.8 Å². The first-order valence-electron chi connectivity index (χ1n) is 4.97. The molecule has 0 spiro atoms. The Hall–Kier alpha value is -0.610. The first kappa shape index (κ1) is 11.5. The summed E-state index contributed by atoms with van der Waals surface area (Å²) >= 11 is 0. The van der Waals surface area contributed by atoms with Gasteiger partial charge in [-0.05, 0) is 33.7 Å². The Bertz CT molecular complexity index is 215. The lowest BCUT2D eigenvalue weighted by molar-refractivity contribution is -0.140. The first-order valence-corrected chi connectivity index (χ1v) is 4.97. The van der Waals surface area contributed by atoms with Crippen molar-refractivity contribution in [1.82, 2.24) is 4.90 Å². The maximum atomic E-state index is 10.5. The van der Waals surface area contributed by atoms with Crippen LogP contribution < -0.4 is 0 Å². The van der Waals surface area contributed by atoms with Crippen LogP contribution in [0.3, 0.4) is 0 Å². The summed E-state index contributed by atoms with van der Waals surface area (Å²) < 4.78 is 5.58. The van der Waals surface area contributed by atoms with E-state index in [1.165, 1.54) is 0 Å². The van der Waals surface area contributed by atoms with Gasteiger partial charge in [0.25, 0.3) is 0 Å². The van der Waals surface area contributed by atoms with Crippen LogP contribution >= 0.6 is 0 Å². The van der Waals surface area contributed by atoms with Crippen molar-refractivity contribution in [3.05, 3.63) is 0 Å². The highest BCUT2D eigenvalue weighted by Gasteiger charge is 2.31. The molecule has 0 aromatic heterocycles. The molecule has 1 fully saturated rings. The Balaban J connectivity index is 2.47. The molecule has 0 aliphatic carbocycles. The molecule has 1 heterocycles. The molecule has 1 unspecified atom stereocenters. The van der Waals surface area contributed by atoms with Crippen LogP contribution in [0.25, 0.3) is 0 Å². The highest BCUT2D eigenvalue weighted by atomic mass is 16.5. The second kappa shape index (κ2) is 4.28. The average molecular weight is 201 g/mol. The SMILES string of the molecule is CN(CC(=O)O)C1CCOC(C)(C)C1. The molecule has 4 nitrogen and oxygen atoms in total. The van der Waals surface area contributed by atoms with E-state index in [0.29, 0.717) is 6.04 Å². The van der Waals surface area contributed by atoms with E-state index in [1.807, 2.05) is 25.8 Å². The van der Waals surface area contributed by atoms with E-state index >= 15 is 0 Å². The Morgan fingerprint density at radius 2 is 2.29 bits per heavy atom. The molecule has 0 aromatic carbocycles. The van der Waals surface area contributed by atoms with Gasteiger partial charge in [-0.3, -0.25) is 9.69 Å². The summed E-state index contributed by atoms with van der Waals surface area (Å²) in [5.74, 6) is -0.767. The number of carbonyl (C=O) groups is 1. The largest absolute Gasteiger partial charge is 0.480 e. The predicted molar refractivity (Wildman–Crippen MR) is 53.3 cm³/mol. The molecule has 0 radical (unpaired) electrons. The minimum absolute atomic E-state index is 0.112. The Labute approximate surface area is 84.8 Å². The molecule has 1 aliphatic rings. The van der Waals surface area contributed by atoms with Crippen molar-refractivity contribution < 1.29 is 14.6 Å². The van der Waals surface area contributed by atoms with E-state index in [2.05, 4.69) is 0 Å². The molecule has 14 heavy (non-hydrogen) atoms. The van der Waals surface area contributed by atoms with Crippen molar-refractivity contribution in [2.75, 3.05) is 20.2 Å². The van der Waals surface area contributed by atoms with Crippen molar-refractivity contribution in [3.8, 4) is 0 Å². The summed E-state index contributed by atoms with van der Waals surface area (Å²) in [5, 5.41) is 8.67. The zero-order valence-electron chi connectivity index (χ0n) is 9.12. The van der Waals surface area contributed by atoms with Gasteiger partial charge >= 0.3 is 5.97 Å². The standard InChI is InChI=1S/C10H19NO3/c1-10(2)6-8(4-5-14-10)11(3)7-9(12)13/h8H,4-7H2,1-3H3,(H,12,13). The molecule has 4 heteroatoms. The van der Waals surface area contributed by atoms with Crippen LogP contribution in [-0.2, 0) is 9.53 Å². The normalized spacial score (nSPS) is 26.4. The van der Waals surface area contributed by atoms with Crippen LogP contribution in [0.4, 0.5) is 0 Å². The van der Waals surface area contributed by atoms with E-state index in [0.717, 1.165) is 19.4 Å². The minimum Gasteiger partial charge on any atom is -0.480 e. The van der Waals surface area contributed by atoms with E-state index < -0.39 is 5.97 Å². The third kappa shape index (κ3) is 3.27. The van der Waals surface area contributed by atoms with Gasteiger partial charge in [-0.2, -0.15) is 0 Å². The molecule has 1 atom stereocenters. The summed E-state index contributed by atoms with van der Waals surface area (Å²) in [6, 6.07) is 0.329. The quantitative estimate of drug-likeness (QED) is 0.739. The number of hydrogen-bond acceptors (Lipinski definition) is 3. The summed E-state index contributed by atoms with van der Waals surface area (Å²) in [5.41, 5.74) is -0.115. The van der Waals surface area contributed by atoms with Crippen molar-refractivity contribution in [1.29, 1.82) is 0 Å². The van der Waals surface area contributed by atoms with Gasteiger partial charge in [0.2, 0.25) is 0 Å². The fourth-order valence-corrected chi connectivity index (χ4v) is 1.92. The van der Waals surface area contributed by atoms with Crippen molar-refractivity contribution in [2.45, 2.75) is 38.3 Å². The molecule has 1 saturated heterocycles. The maximum Gasteiger partial charge on any atom is 0.317 e. The molecule has 1 N–H and O–H groups in total. The van der Waals surface area contributed by atoms with Crippen LogP contribution in [0.2, 0.25) is 0 Å².